The lowest BCUT2D eigenvalue weighted by Gasteiger charge is -2.36. The minimum Gasteiger partial charge on any atom is -0.486 e. The minimum atomic E-state index is -0.584. The first-order chi connectivity index (χ1) is 10.2. The molecular formula is C17H25NO4. The highest BCUT2D eigenvalue weighted by atomic mass is 16.6. The van der Waals surface area contributed by atoms with Crippen LogP contribution >= 0.6 is 0 Å². The van der Waals surface area contributed by atoms with E-state index in [1.807, 2.05) is 52.0 Å². The molecule has 1 N–H and O–H groups in total. The number of amides is 1. The SMILES string of the molecule is Cc1cccc(O[C@H]2CN(C(=O)OC(C)(C)C)CC[C@@H]2O)c1. The first kappa shape index (κ1) is 16.6. The summed E-state index contributed by atoms with van der Waals surface area (Å²) in [5.41, 5.74) is 0.562. The van der Waals surface area contributed by atoms with E-state index in [4.69, 9.17) is 9.47 Å². The summed E-state index contributed by atoms with van der Waals surface area (Å²) in [6.07, 6.45) is -0.907. The number of hydrogen-bond acceptors (Lipinski definition) is 4. The molecule has 0 radical (unpaired) electrons. The zero-order valence-corrected chi connectivity index (χ0v) is 13.7. The molecule has 2 atom stereocenters. The van der Waals surface area contributed by atoms with Gasteiger partial charge in [0.05, 0.1) is 12.6 Å². The molecule has 0 unspecified atom stereocenters. The number of carbonyl (C=O) groups is 1. The zero-order valence-electron chi connectivity index (χ0n) is 13.7. The first-order valence-corrected chi connectivity index (χ1v) is 7.64. The molecule has 1 aliphatic rings. The van der Waals surface area contributed by atoms with E-state index in [1.54, 1.807) is 4.90 Å². The molecule has 1 heterocycles. The summed E-state index contributed by atoms with van der Waals surface area (Å²) in [7, 11) is 0. The average Bonchev–Trinajstić information content (AvgIpc) is 2.39. The number of ether oxygens (including phenoxy) is 2. The summed E-state index contributed by atoms with van der Waals surface area (Å²) in [5, 5.41) is 10.1. The number of likely N-dealkylation sites (tertiary alicyclic amines) is 1. The largest absolute Gasteiger partial charge is 0.486 e. The van der Waals surface area contributed by atoms with E-state index in [1.165, 1.54) is 0 Å². The number of aliphatic hydroxyl groups excluding tert-OH is 1. The van der Waals surface area contributed by atoms with E-state index in [2.05, 4.69) is 0 Å². The van der Waals surface area contributed by atoms with Gasteiger partial charge in [-0.2, -0.15) is 0 Å². The Labute approximate surface area is 131 Å². The Balaban J connectivity index is 2.00. The van der Waals surface area contributed by atoms with Gasteiger partial charge in [0, 0.05) is 6.54 Å². The molecule has 122 valence electrons. The van der Waals surface area contributed by atoms with Gasteiger partial charge in [0.15, 0.2) is 0 Å². The van der Waals surface area contributed by atoms with Crippen LogP contribution in [-0.4, -0.2) is 47.0 Å². The van der Waals surface area contributed by atoms with Crippen molar-refractivity contribution in [3.8, 4) is 5.75 Å². The van der Waals surface area contributed by atoms with Gasteiger partial charge in [-0.3, -0.25) is 0 Å². The predicted molar refractivity (Wildman–Crippen MR) is 84.0 cm³/mol. The van der Waals surface area contributed by atoms with Crippen molar-refractivity contribution in [3.05, 3.63) is 29.8 Å². The van der Waals surface area contributed by atoms with E-state index >= 15 is 0 Å². The van der Waals surface area contributed by atoms with Crippen molar-refractivity contribution >= 4 is 6.09 Å². The molecule has 1 aromatic rings. The third-order valence-electron chi connectivity index (χ3n) is 3.45. The highest BCUT2D eigenvalue weighted by molar-refractivity contribution is 5.68. The summed E-state index contributed by atoms with van der Waals surface area (Å²) in [4.78, 5) is 13.7. The second kappa shape index (κ2) is 6.57. The van der Waals surface area contributed by atoms with Crippen LogP contribution in [0.2, 0.25) is 0 Å². The third kappa shape index (κ3) is 4.63. The Morgan fingerprint density at radius 3 is 2.73 bits per heavy atom. The zero-order chi connectivity index (χ0) is 16.3. The Hall–Kier alpha value is -1.75. The summed E-state index contributed by atoms with van der Waals surface area (Å²) in [6, 6.07) is 7.66. The lowest BCUT2D eigenvalue weighted by molar-refractivity contribution is -0.0365. The molecule has 0 aromatic heterocycles. The summed E-state index contributed by atoms with van der Waals surface area (Å²) < 4.78 is 11.2. The Morgan fingerprint density at radius 2 is 2.09 bits per heavy atom. The fraction of sp³-hybridized carbons (Fsp3) is 0.588. The van der Waals surface area contributed by atoms with Crippen LogP contribution in [0.15, 0.2) is 24.3 Å². The van der Waals surface area contributed by atoms with Crippen LogP contribution < -0.4 is 4.74 Å². The van der Waals surface area contributed by atoms with Crippen molar-refractivity contribution < 1.29 is 19.4 Å². The number of aliphatic hydroxyl groups is 1. The normalized spacial score (nSPS) is 22.3. The smallest absolute Gasteiger partial charge is 0.410 e. The van der Waals surface area contributed by atoms with E-state index in [0.717, 1.165) is 5.56 Å². The molecule has 0 spiro atoms. The van der Waals surface area contributed by atoms with Crippen molar-refractivity contribution in [2.75, 3.05) is 13.1 Å². The van der Waals surface area contributed by atoms with Crippen LogP contribution in [0.1, 0.15) is 32.8 Å². The van der Waals surface area contributed by atoms with Crippen molar-refractivity contribution in [2.45, 2.75) is 51.9 Å². The third-order valence-corrected chi connectivity index (χ3v) is 3.45. The minimum absolute atomic E-state index is 0.323. The molecule has 1 saturated heterocycles. The molecular weight excluding hydrogens is 282 g/mol. The van der Waals surface area contributed by atoms with E-state index in [0.29, 0.717) is 25.3 Å². The molecule has 1 aromatic carbocycles. The van der Waals surface area contributed by atoms with Gasteiger partial charge in [0.2, 0.25) is 0 Å². The fourth-order valence-electron chi connectivity index (χ4n) is 2.38. The van der Waals surface area contributed by atoms with Crippen molar-refractivity contribution in [1.82, 2.24) is 4.90 Å². The maximum Gasteiger partial charge on any atom is 0.410 e. The highest BCUT2D eigenvalue weighted by Gasteiger charge is 2.33. The van der Waals surface area contributed by atoms with Gasteiger partial charge in [-0.1, -0.05) is 12.1 Å². The second-order valence-corrected chi connectivity index (χ2v) is 6.76. The molecule has 0 bridgehead atoms. The Kier molecular flexibility index (Phi) is 4.96. The topological polar surface area (TPSA) is 59.0 Å². The molecule has 0 aliphatic carbocycles. The number of piperidine rings is 1. The van der Waals surface area contributed by atoms with Crippen molar-refractivity contribution in [3.63, 3.8) is 0 Å². The van der Waals surface area contributed by atoms with Crippen LogP contribution in [0.5, 0.6) is 5.75 Å². The van der Waals surface area contributed by atoms with Crippen LogP contribution in [0, 0.1) is 6.92 Å². The quantitative estimate of drug-likeness (QED) is 0.912. The number of rotatable bonds is 2. The van der Waals surface area contributed by atoms with Crippen LogP contribution in [0.4, 0.5) is 4.79 Å². The van der Waals surface area contributed by atoms with Gasteiger partial charge in [-0.15, -0.1) is 0 Å². The summed E-state index contributed by atoms with van der Waals surface area (Å²) in [6.45, 7) is 8.30. The van der Waals surface area contributed by atoms with Gasteiger partial charge in [0.25, 0.3) is 0 Å². The van der Waals surface area contributed by atoms with E-state index in [-0.39, 0.29) is 6.09 Å². The number of hydrogen-bond donors (Lipinski definition) is 1. The average molecular weight is 307 g/mol. The van der Waals surface area contributed by atoms with Crippen molar-refractivity contribution in [2.24, 2.45) is 0 Å². The Bertz CT molecular complexity index is 524. The fourth-order valence-corrected chi connectivity index (χ4v) is 2.38. The van der Waals surface area contributed by atoms with Gasteiger partial charge in [0.1, 0.15) is 17.5 Å². The highest BCUT2D eigenvalue weighted by Crippen LogP contribution is 2.21. The number of carbonyl (C=O) groups excluding carboxylic acids is 1. The maximum absolute atomic E-state index is 12.1. The molecule has 1 fully saturated rings. The van der Waals surface area contributed by atoms with Gasteiger partial charge < -0.3 is 19.5 Å². The van der Waals surface area contributed by atoms with E-state index in [9.17, 15) is 9.90 Å². The first-order valence-electron chi connectivity index (χ1n) is 7.64. The molecule has 5 nitrogen and oxygen atoms in total. The van der Waals surface area contributed by atoms with Crippen LogP contribution in [0.3, 0.4) is 0 Å². The maximum atomic E-state index is 12.1. The Morgan fingerprint density at radius 1 is 1.36 bits per heavy atom. The second-order valence-electron chi connectivity index (χ2n) is 6.76. The monoisotopic (exact) mass is 307 g/mol. The molecule has 1 amide bonds. The van der Waals surface area contributed by atoms with Crippen LogP contribution in [0.25, 0.3) is 0 Å². The van der Waals surface area contributed by atoms with Gasteiger partial charge in [-0.25, -0.2) is 4.79 Å². The summed E-state index contributed by atoms with van der Waals surface area (Å²) in [5.74, 6) is 0.704. The number of aryl methyl sites for hydroxylation is 1. The summed E-state index contributed by atoms with van der Waals surface area (Å²) >= 11 is 0. The molecule has 2 rings (SSSR count). The standard InChI is InChI=1S/C17H25NO4/c1-12-6-5-7-13(10-12)21-15-11-18(9-8-14(15)19)16(20)22-17(2,3)4/h5-7,10,14-15,19H,8-9,11H2,1-4H3/t14-,15-/m0/s1. The molecule has 5 heteroatoms. The lowest BCUT2D eigenvalue weighted by Crippen LogP contribution is -2.52. The molecule has 1 aliphatic heterocycles. The van der Waals surface area contributed by atoms with E-state index < -0.39 is 17.8 Å². The lowest BCUT2D eigenvalue weighted by atomic mass is 10.1. The van der Waals surface area contributed by atoms with Gasteiger partial charge in [-0.05, 0) is 51.8 Å². The molecule has 0 saturated carbocycles. The predicted octanol–water partition coefficient (Wildman–Crippen LogP) is 2.74. The number of nitrogens with zero attached hydrogens (tertiary/aromatic N) is 1. The number of benzene rings is 1. The van der Waals surface area contributed by atoms with Gasteiger partial charge >= 0.3 is 6.09 Å². The van der Waals surface area contributed by atoms with Crippen molar-refractivity contribution in [1.29, 1.82) is 0 Å². The molecule has 22 heavy (non-hydrogen) atoms. The van der Waals surface area contributed by atoms with Crippen LogP contribution in [-0.2, 0) is 4.74 Å².